The molecule has 0 heterocycles. The van der Waals surface area contributed by atoms with Crippen LogP contribution in [0.2, 0.25) is 0 Å². The highest BCUT2D eigenvalue weighted by molar-refractivity contribution is 9.10. The van der Waals surface area contributed by atoms with Gasteiger partial charge >= 0.3 is 0 Å². The first-order valence-electron chi connectivity index (χ1n) is 5.85. The highest BCUT2D eigenvalue weighted by Gasteiger charge is 2.09. The van der Waals surface area contributed by atoms with Crippen LogP contribution >= 0.6 is 27.7 Å². The molecule has 0 saturated heterocycles. The monoisotopic (exact) mass is 344 g/mol. The molecular formula is C13H17BrN2O2S. The number of thioether (sulfide) groups is 1. The first-order chi connectivity index (χ1) is 9.02. The van der Waals surface area contributed by atoms with Gasteiger partial charge in [0.05, 0.1) is 6.54 Å². The van der Waals surface area contributed by atoms with Crippen molar-refractivity contribution in [3.05, 3.63) is 34.3 Å². The van der Waals surface area contributed by atoms with Gasteiger partial charge in [-0.15, -0.1) is 0 Å². The molecule has 19 heavy (non-hydrogen) atoms. The van der Waals surface area contributed by atoms with Crippen LogP contribution in [0.3, 0.4) is 0 Å². The van der Waals surface area contributed by atoms with E-state index in [0.29, 0.717) is 5.56 Å². The van der Waals surface area contributed by atoms with Gasteiger partial charge in [0.2, 0.25) is 5.91 Å². The van der Waals surface area contributed by atoms with Crippen molar-refractivity contribution in [3.8, 4) is 0 Å². The Morgan fingerprint density at radius 3 is 2.53 bits per heavy atom. The molecule has 4 nitrogen and oxygen atoms in total. The lowest BCUT2D eigenvalue weighted by molar-refractivity contribution is -0.120. The lowest BCUT2D eigenvalue weighted by atomic mass is 10.2. The molecule has 0 spiro atoms. The summed E-state index contributed by atoms with van der Waals surface area (Å²) in [6, 6.07) is 7.08. The van der Waals surface area contributed by atoms with Crippen molar-refractivity contribution in [1.29, 1.82) is 0 Å². The highest BCUT2D eigenvalue weighted by atomic mass is 79.9. The van der Waals surface area contributed by atoms with E-state index in [-0.39, 0.29) is 24.4 Å². The molecule has 0 aromatic heterocycles. The van der Waals surface area contributed by atoms with Crippen LogP contribution in [0, 0.1) is 0 Å². The van der Waals surface area contributed by atoms with Crippen LogP contribution < -0.4 is 10.6 Å². The molecule has 0 radical (unpaired) electrons. The maximum absolute atomic E-state index is 11.8. The topological polar surface area (TPSA) is 58.2 Å². The molecule has 1 aromatic carbocycles. The van der Waals surface area contributed by atoms with Crippen LogP contribution in [0.25, 0.3) is 0 Å². The maximum Gasteiger partial charge on any atom is 0.251 e. The number of nitrogens with one attached hydrogen (secondary N) is 2. The zero-order chi connectivity index (χ0) is 14.3. The van der Waals surface area contributed by atoms with Crippen molar-refractivity contribution in [3.63, 3.8) is 0 Å². The summed E-state index contributed by atoms with van der Waals surface area (Å²) in [7, 11) is 0. The summed E-state index contributed by atoms with van der Waals surface area (Å²) >= 11 is 4.97. The summed E-state index contributed by atoms with van der Waals surface area (Å²) in [5.74, 6) is 0.430. The van der Waals surface area contributed by atoms with Gasteiger partial charge < -0.3 is 10.6 Å². The van der Waals surface area contributed by atoms with E-state index in [9.17, 15) is 9.59 Å². The molecule has 2 N–H and O–H groups in total. The largest absolute Gasteiger partial charge is 0.351 e. The van der Waals surface area contributed by atoms with Crippen molar-refractivity contribution in [2.45, 2.75) is 13.0 Å². The summed E-state index contributed by atoms with van der Waals surface area (Å²) in [6.07, 6.45) is 1.98. The van der Waals surface area contributed by atoms with E-state index >= 15 is 0 Å². The second-order valence-corrected chi connectivity index (χ2v) is 5.94. The third-order valence-electron chi connectivity index (χ3n) is 2.34. The number of carbonyl (C=O) groups is 2. The van der Waals surface area contributed by atoms with E-state index < -0.39 is 0 Å². The Morgan fingerprint density at radius 1 is 1.32 bits per heavy atom. The Balaban J connectivity index is 2.37. The van der Waals surface area contributed by atoms with E-state index in [1.165, 1.54) is 0 Å². The number of amides is 2. The minimum absolute atomic E-state index is 0.00633. The van der Waals surface area contributed by atoms with Gasteiger partial charge in [-0.05, 0) is 37.4 Å². The first kappa shape index (κ1) is 16.0. The van der Waals surface area contributed by atoms with Crippen molar-refractivity contribution in [2.24, 2.45) is 0 Å². The van der Waals surface area contributed by atoms with E-state index in [1.54, 1.807) is 36.0 Å². The normalized spacial score (nSPS) is 11.7. The van der Waals surface area contributed by atoms with Crippen LogP contribution in [-0.2, 0) is 4.79 Å². The Labute approximate surface area is 125 Å². The lowest BCUT2D eigenvalue weighted by Crippen LogP contribution is -2.41. The molecular weight excluding hydrogens is 328 g/mol. The van der Waals surface area contributed by atoms with Gasteiger partial charge in [0.15, 0.2) is 0 Å². The molecule has 2 amide bonds. The third-order valence-corrected chi connectivity index (χ3v) is 3.70. The molecule has 1 atom stereocenters. The minimum atomic E-state index is -0.250. The number of hydrogen-bond donors (Lipinski definition) is 2. The van der Waals surface area contributed by atoms with E-state index in [2.05, 4.69) is 26.6 Å². The number of benzene rings is 1. The smallest absolute Gasteiger partial charge is 0.251 e. The SMILES string of the molecule is CSC[C@@H](C)NC(=O)CNC(=O)c1ccc(Br)cc1. The Kier molecular flexibility index (Phi) is 6.94. The van der Waals surface area contributed by atoms with E-state index in [1.807, 2.05) is 13.2 Å². The van der Waals surface area contributed by atoms with Crippen LogP contribution in [0.15, 0.2) is 28.7 Å². The Bertz CT molecular complexity index is 437. The fourth-order valence-corrected chi connectivity index (χ4v) is 2.33. The van der Waals surface area contributed by atoms with Gasteiger partial charge in [0, 0.05) is 21.8 Å². The number of carbonyl (C=O) groups excluding carboxylic acids is 2. The van der Waals surface area contributed by atoms with Gasteiger partial charge in [-0.3, -0.25) is 9.59 Å². The molecule has 0 aliphatic carbocycles. The molecule has 0 fully saturated rings. The molecule has 104 valence electrons. The number of halogens is 1. The lowest BCUT2D eigenvalue weighted by Gasteiger charge is -2.12. The zero-order valence-electron chi connectivity index (χ0n) is 10.9. The standard InChI is InChI=1S/C13H17BrN2O2S/c1-9(8-19-2)16-12(17)7-15-13(18)10-3-5-11(14)6-4-10/h3-6,9H,7-8H2,1-2H3,(H,15,18)(H,16,17)/t9-/m1/s1. The van der Waals surface area contributed by atoms with Gasteiger partial charge in [-0.1, -0.05) is 15.9 Å². The summed E-state index contributed by atoms with van der Waals surface area (Å²) in [4.78, 5) is 23.3. The molecule has 0 saturated carbocycles. The Morgan fingerprint density at radius 2 is 1.95 bits per heavy atom. The van der Waals surface area contributed by atoms with Crippen LogP contribution in [0.1, 0.15) is 17.3 Å². The van der Waals surface area contributed by atoms with Crippen molar-refractivity contribution >= 4 is 39.5 Å². The molecule has 0 unspecified atom stereocenters. The quantitative estimate of drug-likeness (QED) is 0.830. The van der Waals surface area contributed by atoms with Gasteiger partial charge in [-0.2, -0.15) is 11.8 Å². The average Bonchev–Trinajstić information content (AvgIpc) is 2.37. The average molecular weight is 345 g/mol. The predicted molar refractivity (Wildman–Crippen MR) is 82.5 cm³/mol. The molecule has 6 heteroatoms. The van der Waals surface area contributed by atoms with Crippen molar-refractivity contribution < 1.29 is 9.59 Å². The van der Waals surface area contributed by atoms with Crippen LogP contribution in [-0.4, -0.2) is 36.4 Å². The summed E-state index contributed by atoms with van der Waals surface area (Å²) in [6.45, 7) is 1.93. The van der Waals surface area contributed by atoms with Gasteiger partial charge in [0.25, 0.3) is 5.91 Å². The second kappa shape index (κ2) is 8.22. The van der Waals surface area contributed by atoms with Crippen molar-refractivity contribution in [1.82, 2.24) is 10.6 Å². The zero-order valence-corrected chi connectivity index (χ0v) is 13.3. The molecule has 0 aliphatic rings. The van der Waals surface area contributed by atoms with Gasteiger partial charge in [-0.25, -0.2) is 0 Å². The fourth-order valence-electron chi connectivity index (χ4n) is 1.48. The first-order valence-corrected chi connectivity index (χ1v) is 8.03. The molecule has 1 aromatic rings. The Hall–Kier alpha value is -1.01. The highest BCUT2D eigenvalue weighted by Crippen LogP contribution is 2.10. The summed E-state index contributed by atoms with van der Waals surface area (Å²) < 4.78 is 0.910. The third kappa shape index (κ3) is 6.11. The number of rotatable bonds is 6. The maximum atomic E-state index is 11.8. The van der Waals surface area contributed by atoms with E-state index in [0.717, 1.165) is 10.2 Å². The molecule has 0 aliphatic heterocycles. The van der Waals surface area contributed by atoms with Crippen LogP contribution in [0.4, 0.5) is 0 Å². The number of hydrogen-bond acceptors (Lipinski definition) is 3. The van der Waals surface area contributed by atoms with Crippen LogP contribution in [0.5, 0.6) is 0 Å². The molecule has 1 rings (SSSR count). The predicted octanol–water partition coefficient (Wildman–Crippen LogP) is 2.05. The van der Waals surface area contributed by atoms with Gasteiger partial charge in [0.1, 0.15) is 0 Å². The van der Waals surface area contributed by atoms with E-state index in [4.69, 9.17) is 0 Å². The van der Waals surface area contributed by atoms with Crippen molar-refractivity contribution in [2.75, 3.05) is 18.6 Å². The fraction of sp³-hybridized carbons (Fsp3) is 0.385. The summed E-state index contributed by atoms with van der Waals surface area (Å²) in [5.41, 5.74) is 0.535. The minimum Gasteiger partial charge on any atom is -0.351 e. The summed E-state index contributed by atoms with van der Waals surface area (Å²) in [5, 5.41) is 5.41. The molecule has 0 bridgehead atoms. The second-order valence-electron chi connectivity index (χ2n) is 4.11.